The normalized spacial score (nSPS) is 16.7. The Bertz CT molecular complexity index is 364. The molecule has 1 aliphatic heterocycles. The summed E-state index contributed by atoms with van der Waals surface area (Å²) in [5, 5.41) is 6.73. The molecule has 0 aromatic heterocycles. The van der Waals surface area contributed by atoms with E-state index in [-0.39, 0.29) is 5.82 Å². The summed E-state index contributed by atoms with van der Waals surface area (Å²) in [6.07, 6.45) is 2.41. The highest BCUT2D eigenvalue weighted by Crippen LogP contribution is 2.03. The van der Waals surface area contributed by atoms with Gasteiger partial charge in [-0.05, 0) is 43.6 Å². The van der Waals surface area contributed by atoms with Crippen molar-refractivity contribution in [3.63, 3.8) is 0 Å². The molecule has 0 radical (unpaired) electrons. The zero-order chi connectivity index (χ0) is 13.3. The molecule has 0 aliphatic carbocycles. The summed E-state index contributed by atoms with van der Waals surface area (Å²) in [5.74, 6) is -0.155. The molecule has 106 valence electrons. The number of rotatable bonds is 7. The molecule has 2 N–H and O–H groups in total. The Kier molecular flexibility index (Phi) is 6.27. The lowest BCUT2D eigenvalue weighted by molar-refractivity contribution is 0.236. The van der Waals surface area contributed by atoms with Crippen LogP contribution in [0.25, 0.3) is 0 Å². The predicted molar refractivity (Wildman–Crippen MR) is 76.7 cm³/mol. The third-order valence-electron chi connectivity index (χ3n) is 3.51. The summed E-state index contributed by atoms with van der Waals surface area (Å²) < 4.78 is 13.0. The Morgan fingerprint density at radius 1 is 1.21 bits per heavy atom. The Labute approximate surface area is 115 Å². The number of benzene rings is 1. The van der Waals surface area contributed by atoms with Gasteiger partial charge in [-0.3, -0.25) is 0 Å². The standard InChI is InChI=1S/C15H24FN3/c16-15-5-3-4-14(12-15)13-18-6-1-2-9-19-10-7-17-8-11-19/h3-5,12,17-18H,1-2,6-11,13H2. The highest BCUT2D eigenvalue weighted by atomic mass is 19.1. The maximum atomic E-state index is 13.0. The molecule has 0 spiro atoms. The quantitative estimate of drug-likeness (QED) is 0.733. The molecular weight excluding hydrogens is 241 g/mol. The third-order valence-corrected chi connectivity index (χ3v) is 3.51. The van der Waals surface area contributed by atoms with Gasteiger partial charge in [0.2, 0.25) is 0 Å². The van der Waals surface area contributed by atoms with Gasteiger partial charge in [0.25, 0.3) is 0 Å². The average Bonchev–Trinajstić information content (AvgIpc) is 2.44. The summed E-state index contributed by atoms with van der Waals surface area (Å²) in [4.78, 5) is 2.52. The van der Waals surface area contributed by atoms with Gasteiger partial charge in [0, 0.05) is 32.7 Å². The molecule has 1 saturated heterocycles. The summed E-state index contributed by atoms with van der Waals surface area (Å²) in [6.45, 7) is 7.56. The zero-order valence-electron chi connectivity index (χ0n) is 11.5. The van der Waals surface area contributed by atoms with Gasteiger partial charge in [-0.2, -0.15) is 0 Å². The molecule has 0 amide bonds. The van der Waals surface area contributed by atoms with E-state index in [1.807, 2.05) is 6.07 Å². The van der Waals surface area contributed by atoms with Crippen molar-refractivity contribution in [3.05, 3.63) is 35.6 Å². The number of halogens is 1. The van der Waals surface area contributed by atoms with Crippen LogP contribution in [-0.2, 0) is 6.54 Å². The van der Waals surface area contributed by atoms with Crippen molar-refractivity contribution >= 4 is 0 Å². The van der Waals surface area contributed by atoms with E-state index in [1.165, 1.54) is 38.5 Å². The molecule has 3 nitrogen and oxygen atoms in total. The molecular formula is C15H24FN3. The van der Waals surface area contributed by atoms with Crippen LogP contribution in [0.2, 0.25) is 0 Å². The molecule has 0 unspecified atom stereocenters. The summed E-state index contributed by atoms with van der Waals surface area (Å²) in [5.41, 5.74) is 1.02. The molecule has 0 saturated carbocycles. The largest absolute Gasteiger partial charge is 0.314 e. The van der Waals surface area contributed by atoms with Crippen LogP contribution in [0.5, 0.6) is 0 Å². The lowest BCUT2D eigenvalue weighted by Gasteiger charge is -2.27. The molecule has 4 heteroatoms. The second-order valence-electron chi connectivity index (χ2n) is 5.11. The van der Waals surface area contributed by atoms with Gasteiger partial charge in [0.15, 0.2) is 0 Å². The van der Waals surface area contributed by atoms with E-state index >= 15 is 0 Å². The molecule has 0 atom stereocenters. The summed E-state index contributed by atoms with van der Waals surface area (Å²) >= 11 is 0. The molecule has 1 aromatic carbocycles. The van der Waals surface area contributed by atoms with Crippen molar-refractivity contribution in [2.24, 2.45) is 0 Å². The maximum Gasteiger partial charge on any atom is 0.123 e. The fourth-order valence-corrected chi connectivity index (χ4v) is 2.40. The Morgan fingerprint density at radius 3 is 2.84 bits per heavy atom. The van der Waals surface area contributed by atoms with Gasteiger partial charge < -0.3 is 15.5 Å². The van der Waals surface area contributed by atoms with E-state index < -0.39 is 0 Å². The van der Waals surface area contributed by atoms with Crippen molar-refractivity contribution in [2.75, 3.05) is 39.3 Å². The van der Waals surface area contributed by atoms with Crippen LogP contribution in [0, 0.1) is 5.82 Å². The minimum Gasteiger partial charge on any atom is -0.314 e. The van der Waals surface area contributed by atoms with E-state index in [0.29, 0.717) is 0 Å². The third kappa shape index (κ3) is 5.68. The molecule has 1 aromatic rings. The number of unbranched alkanes of at least 4 members (excludes halogenated alkanes) is 1. The lowest BCUT2D eigenvalue weighted by Crippen LogP contribution is -2.43. The van der Waals surface area contributed by atoms with Crippen molar-refractivity contribution in [2.45, 2.75) is 19.4 Å². The first-order chi connectivity index (χ1) is 9.34. The molecule has 2 rings (SSSR count). The topological polar surface area (TPSA) is 27.3 Å². The van der Waals surface area contributed by atoms with Crippen LogP contribution in [0.1, 0.15) is 18.4 Å². The highest BCUT2D eigenvalue weighted by Gasteiger charge is 2.07. The SMILES string of the molecule is Fc1cccc(CNCCCCN2CCNCC2)c1. The van der Waals surface area contributed by atoms with E-state index in [0.717, 1.165) is 31.7 Å². The number of hydrogen-bond donors (Lipinski definition) is 2. The highest BCUT2D eigenvalue weighted by molar-refractivity contribution is 5.15. The fourth-order valence-electron chi connectivity index (χ4n) is 2.40. The number of nitrogens with one attached hydrogen (secondary N) is 2. The van der Waals surface area contributed by atoms with Gasteiger partial charge >= 0.3 is 0 Å². The van der Waals surface area contributed by atoms with Crippen molar-refractivity contribution in [1.29, 1.82) is 0 Å². The lowest BCUT2D eigenvalue weighted by atomic mass is 10.2. The van der Waals surface area contributed by atoms with Gasteiger partial charge in [-0.1, -0.05) is 12.1 Å². The first kappa shape index (κ1) is 14.4. The Morgan fingerprint density at radius 2 is 2.05 bits per heavy atom. The minimum atomic E-state index is -0.155. The van der Waals surface area contributed by atoms with Crippen molar-refractivity contribution in [3.8, 4) is 0 Å². The van der Waals surface area contributed by atoms with Gasteiger partial charge in [0.05, 0.1) is 0 Å². The van der Waals surface area contributed by atoms with Crippen LogP contribution < -0.4 is 10.6 Å². The van der Waals surface area contributed by atoms with E-state index in [1.54, 1.807) is 12.1 Å². The van der Waals surface area contributed by atoms with Gasteiger partial charge in [-0.15, -0.1) is 0 Å². The van der Waals surface area contributed by atoms with Crippen LogP contribution in [0.4, 0.5) is 4.39 Å². The van der Waals surface area contributed by atoms with Crippen molar-refractivity contribution < 1.29 is 4.39 Å². The Hall–Kier alpha value is -0.970. The average molecular weight is 265 g/mol. The molecule has 1 heterocycles. The zero-order valence-corrected chi connectivity index (χ0v) is 11.5. The second-order valence-corrected chi connectivity index (χ2v) is 5.11. The number of nitrogens with zero attached hydrogens (tertiary/aromatic N) is 1. The summed E-state index contributed by atoms with van der Waals surface area (Å²) in [7, 11) is 0. The van der Waals surface area contributed by atoms with E-state index in [2.05, 4.69) is 15.5 Å². The second kappa shape index (κ2) is 8.25. The van der Waals surface area contributed by atoms with Crippen LogP contribution in [-0.4, -0.2) is 44.2 Å². The first-order valence-corrected chi connectivity index (χ1v) is 7.23. The maximum absolute atomic E-state index is 13.0. The van der Waals surface area contributed by atoms with Crippen LogP contribution >= 0.6 is 0 Å². The predicted octanol–water partition coefficient (Wildman–Crippen LogP) is 1.60. The van der Waals surface area contributed by atoms with Crippen LogP contribution in [0.3, 0.4) is 0 Å². The molecule has 1 aliphatic rings. The fraction of sp³-hybridized carbons (Fsp3) is 0.600. The van der Waals surface area contributed by atoms with Crippen molar-refractivity contribution in [1.82, 2.24) is 15.5 Å². The van der Waals surface area contributed by atoms with Gasteiger partial charge in [0.1, 0.15) is 5.82 Å². The number of hydrogen-bond acceptors (Lipinski definition) is 3. The summed E-state index contributed by atoms with van der Waals surface area (Å²) in [6, 6.07) is 6.79. The molecule has 0 bridgehead atoms. The Balaban J connectivity index is 1.50. The number of piperazine rings is 1. The van der Waals surface area contributed by atoms with E-state index in [9.17, 15) is 4.39 Å². The smallest absolute Gasteiger partial charge is 0.123 e. The first-order valence-electron chi connectivity index (χ1n) is 7.23. The minimum absolute atomic E-state index is 0.155. The van der Waals surface area contributed by atoms with E-state index in [4.69, 9.17) is 0 Å². The molecule has 1 fully saturated rings. The van der Waals surface area contributed by atoms with Gasteiger partial charge in [-0.25, -0.2) is 4.39 Å². The monoisotopic (exact) mass is 265 g/mol. The van der Waals surface area contributed by atoms with Crippen LogP contribution in [0.15, 0.2) is 24.3 Å². The molecule has 19 heavy (non-hydrogen) atoms.